The van der Waals surface area contributed by atoms with Crippen LogP contribution in [-0.2, 0) is 0 Å². The van der Waals surface area contributed by atoms with Gasteiger partial charge in [-0.05, 0) is 34.0 Å². The van der Waals surface area contributed by atoms with Crippen LogP contribution in [0.1, 0.15) is 31.1 Å². The van der Waals surface area contributed by atoms with E-state index in [4.69, 9.17) is 21.3 Å². The minimum absolute atomic E-state index is 0.223. The molecule has 2 nitrogen and oxygen atoms in total. The number of nitrogens with zero attached hydrogens (tertiary/aromatic N) is 1. The molecule has 2 rings (SSSR count). The average Bonchev–Trinajstić information content (AvgIpc) is 2.56. The zero-order valence-corrected chi connectivity index (χ0v) is 11.2. The summed E-state index contributed by atoms with van der Waals surface area (Å²) < 4.78 is 6.31. The first-order valence-electron chi connectivity index (χ1n) is 4.86. The summed E-state index contributed by atoms with van der Waals surface area (Å²) in [6.45, 7) is 4.06. The minimum atomic E-state index is 0.223. The monoisotopic (exact) mass is 297 g/mol. The van der Waals surface area contributed by atoms with Crippen LogP contribution in [0.15, 0.2) is 21.0 Å². The third kappa shape index (κ3) is 1.73. The topological polar surface area (TPSA) is 36.9 Å². The van der Waals surface area contributed by atoms with Gasteiger partial charge in [0.1, 0.15) is 11.7 Å². The van der Waals surface area contributed by atoms with Gasteiger partial charge in [0.05, 0.1) is 4.47 Å². The highest BCUT2D eigenvalue weighted by Crippen LogP contribution is 2.37. The van der Waals surface area contributed by atoms with Gasteiger partial charge in [0, 0.05) is 16.0 Å². The molecule has 2 aromatic rings. The maximum Gasteiger partial charge on any atom is 0.208 e. The molecule has 16 heavy (non-hydrogen) atoms. The Morgan fingerprint density at radius 2 is 2.12 bits per heavy atom. The number of nitriles is 1. The molecule has 0 unspecified atom stereocenters. The van der Waals surface area contributed by atoms with Crippen molar-refractivity contribution in [1.29, 1.82) is 5.26 Å². The minimum Gasteiger partial charge on any atom is -0.444 e. The van der Waals surface area contributed by atoms with Crippen LogP contribution in [-0.4, -0.2) is 0 Å². The van der Waals surface area contributed by atoms with Gasteiger partial charge in [-0.25, -0.2) is 0 Å². The molecule has 4 heteroatoms. The van der Waals surface area contributed by atoms with E-state index in [9.17, 15) is 0 Å². The summed E-state index contributed by atoms with van der Waals surface area (Å²) in [5.74, 6) is 0.592. The zero-order chi connectivity index (χ0) is 11.9. The molecule has 1 aromatic heterocycles. The van der Waals surface area contributed by atoms with Crippen LogP contribution < -0.4 is 0 Å². The number of benzene rings is 1. The average molecular weight is 299 g/mol. The Hall–Kier alpha value is -0.980. The van der Waals surface area contributed by atoms with Gasteiger partial charge in [-0.1, -0.05) is 25.4 Å². The van der Waals surface area contributed by atoms with Crippen LogP contribution in [0.2, 0.25) is 5.02 Å². The van der Waals surface area contributed by atoms with Crippen molar-refractivity contribution in [2.75, 3.05) is 0 Å². The molecule has 0 saturated carbocycles. The van der Waals surface area contributed by atoms with Crippen LogP contribution in [0.25, 0.3) is 11.0 Å². The number of hydrogen-bond donors (Lipinski definition) is 0. The number of hydrogen-bond acceptors (Lipinski definition) is 2. The summed E-state index contributed by atoms with van der Waals surface area (Å²) in [5.41, 5.74) is 1.60. The summed E-state index contributed by atoms with van der Waals surface area (Å²) in [6, 6.07) is 5.68. The third-order valence-corrected chi connectivity index (χ3v) is 3.23. The van der Waals surface area contributed by atoms with Crippen molar-refractivity contribution in [2.24, 2.45) is 0 Å². The van der Waals surface area contributed by atoms with E-state index in [1.54, 1.807) is 6.07 Å². The predicted molar refractivity (Wildman–Crippen MR) is 67.7 cm³/mol. The molecule has 1 heterocycles. The first-order valence-corrected chi connectivity index (χ1v) is 6.03. The van der Waals surface area contributed by atoms with E-state index in [-0.39, 0.29) is 5.92 Å². The van der Waals surface area contributed by atoms with Crippen LogP contribution in [0.4, 0.5) is 0 Å². The lowest BCUT2D eigenvalue weighted by molar-refractivity contribution is 0.588. The Bertz CT molecular complexity index is 595. The Morgan fingerprint density at radius 3 is 2.69 bits per heavy atom. The van der Waals surface area contributed by atoms with E-state index >= 15 is 0 Å². The quantitative estimate of drug-likeness (QED) is 0.755. The summed E-state index contributed by atoms with van der Waals surface area (Å²) in [7, 11) is 0. The van der Waals surface area contributed by atoms with Crippen molar-refractivity contribution in [1.82, 2.24) is 0 Å². The van der Waals surface area contributed by atoms with E-state index in [2.05, 4.69) is 22.0 Å². The Morgan fingerprint density at radius 1 is 1.44 bits per heavy atom. The predicted octanol–water partition coefficient (Wildman–Crippen LogP) is 4.84. The Kier molecular flexibility index (Phi) is 2.96. The van der Waals surface area contributed by atoms with E-state index in [1.807, 2.05) is 19.9 Å². The maximum atomic E-state index is 9.04. The van der Waals surface area contributed by atoms with Crippen LogP contribution >= 0.6 is 27.5 Å². The van der Waals surface area contributed by atoms with Gasteiger partial charge in [-0.2, -0.15) is 5.26 Å². The molecule has 0 radical (unpaired) electrons. The molecule has 82 valence electrons. The second-order valence-corrected chi connectivity index (χ2v) is 5.17. The lowest BCUT2D eigenvalue weighted by Crippen LogP contribution is -1.88. The van der Waals surface area contributed by atoms with Crippen LogP contribution in [0, 0.1) is 11.3 Å². The highest BCUT2D eigenvalue weighted by Gasteiger charge is 2.18. The van der Waals surface area contributed by atoms with Gasteiger partial charge in [0.25, 0.3) is 0 Å². The molecule has 0 amide bonds. The Balaban J connectivity index is 2.91. The smallest absolute Gasteiger partial charge is 0.208 e. The maximum absolute atomic E-state index is 9.04. The fourth-order valence-corrected chi connectivity index (χ4v) is 2.69. The molecular weight excluding hydrogens is 289 g/mol. The van der Waals surface area contributed by atoms with Gasteiger partial charge >= 0.3 is 0 Å². The normalized spacial score (nSPS) is 11.0. The fraction of sp³-hybridized carbons (Fsp3) is 0.250. The molecule has 0 aliphatic carbocycles. The molecule has 1 aromatic carbocycles. The molecule has 0 atom stereocenters. The van der Waals surface area contributed by atoms with Crippen molar-refractivity contribution in [3.8, 4) is 6.07 Å². The van der Waals surface area contributed by atoms with E-state index in [1.165, 1.54) is 0 Å². The number of fused-ring (bicyclic) bond motifs is 1. The van der Waals surface area contributed by atoms with Crippen molar-refractivity contribution >= 4 is 38.5 Å². The second kappa shape index (κ2) is 4.12. The van der Waals surface area contributed by atoms with Gasteiger partial charge in [0.15, 0.2) is 0 Å². The van der Waals surface area contributed by atoms with Gasteiger partial charge in [-0.3, -0.25) is 0 Å². The van der Waals surface area contributed by atoms with E-state index in [0.717, 1.165) is 15.4 Å². The number of rotatable bonds is 1. The Labute approximate surface area is 107 Å². The molecule has 0 aliphatic heterocycles. The first kappa shape index (κ1) is 11.5. The van der Waals surface area contributed by atoms with E-state index < -0.39 is 0 Å². The molecular formula is C12H9BrClNO. The van der Waals surface area contributed by atoms with Crippen molar-refractivity contribution in [3.63, 3.8) is 0 Å². The standard InChI is InChI=1S/C12H9BrClNO/c1-6(2)11-8-3-7(14)4-9(13)12(8)16-10(11)5-15/h3-4,6H,1-2H3. The van der Waals surface area contributed by atoms with Crippen molar-refractivity contribution < 1.29 is 4.42 Å². The van der Waals surface area contributed by atoms with E-state index in [0.29, 0.717) is 16.4 Å². The lowest BCUT2D eigenvalue weighted by atomic mass is 10.00. The van der Waals surface area contributed by atoms with Crippen molar-refractivity contribution in [3.05, 3.63) is 33.0 Å². The summed E-state index contributed by atoms with van der Waals surface area (Å²) >= 11 is 9.38. The molecule has 0 spiro atoms. The summed E-state index contributed by atoms with van der Waals surface area (Å²) in [5, 5.41) is 10.6. The third-order valence-electron chi connectivity index (χ3n) is 2.43. The summed E-state index contributed by atoms with van der Waals surface area (Å²) in [6.07, 6.45) is 0. The SMILES string of the molecule is CC(C)c1c(C#N)oc2c(Br)cc(Cl)cc12. The first-order chi connectivity index (χ1) is 7.54. The molecule has 0 aliphatic rings. The van der Waals surface area contributed by atoms with Crippen LogP contribution in [0.3, 0.4) is 0 Å². The fourth-order valence-electron chi connectivity index (χ4n) is 1.80. The molecule has 0 bridgehead atoms. The zero-order valence-electron chi connectivity index (χ0n) is 8.84. The largest absolute Gasteiger partial charge is 0.444 e. The lowest BCUT2D eigenvalue weighted by Gasteiger charge is -2.02. The van der Waals surface area contributed by atoms with Gasteiger partial charge in [0.2, 0.25) is 5.76 Å². The van der Waals surface area contributed by atoms with Crippen molar-refractivity contribution in [2.45, 2.75) is 19.8 Å². The highest BCUT2D eigenvalue weighted by atomic mass is 79.9. The molecule has 0 fully saturated rings. The number of furan rings is 1. The van der Waals surface area contributed by atoms with Crippen LogP contribution in [0.5, 0.6) is 0 Å². The second-order valence-electron chi connectivity index (χ2n) is 3.88. The molecule has 0 N–H and O–H groups in total. The van der Waals surface area contributed by atoms with Gasteiger partial charge in [-0.15, -0.1) is 0 Å². The number of halogens is 2. The molecule has 0 saturated heterocycles. The highest BCUT2D eigenvalue weighted by molar-refractivity contribution is 9.10. The van der Waals surface area contributed by atoms with Gasteiger partial charge < -0.3 is 4.42 Å². The summed E-state index contributed by atoms with van der Waals surface area (Å²) in [4.78, 5) is 0.